The van der Waals surface area contributed by atoms with E-state index in [9.17, 15) is 0 Å². The van der Waals surface area contributed by atoms with Gasteiger partial charge in [-0.3, -0.25) is 0 Å². The average Bonchev–Trinajstić information content (AvgIpc) is 2.45. The van der Waals surface area contributed by atoms with E-state index in [1.807, 2.05) is 0 Å². The molecule has 1 nitrogen and oxygen atoms in total. The molecular weight excluding hydrogens is 158 g/mol. The molecule has 1 aromatic heterocycles. The molecule has 0 spiro atoms. The van der Waals surface area contributed by atoms with Crippen LogP contribution in [0.1, 0.15) is 18.1 Å². The van der Waals surface area contributed by atoms with Crippen LogP contribution in [0.2, 0.25) is 0 Å². The quantitative estimate of drug-likeness (QED) is 0.624. The Bertz CT molecular complexity index is 438. The van der Waals surface area contributed by atoms with Gasteiger partial charge in [-0.05, 0) is 30.5 Å². The molecule has 2 aromatic rings. The summed E-state index contributed by atoms with van der Waals surface area (Å²) in [5, 5.41) is 1.44. The molecule has 0 saturated heterocycles. The largest absolute Gasteiger partial charge is 0.350 e. The Balaban J connectivity index is 2.89. The Morgan fingerprint density at radius 1 is 1.31 bits per heavy atom. The van der Waals surface area contributed by atoms with Gasteiger partial charge in [0.05, 0.1) is 0 Å². The van der Waals surface area contributed by atoms with E-state index in [-0.39, 0.29) is 0 Å². The predicted molar refractivity (Wildman–Crippen MR) is 57.0 cm³/mol. The summed E-state index contributed by atoms with van der Waals surface area (Å²) in [6, 6.07) is 6.49. The summed E-state index contributed by atoms with van der Waals surface area (Å²) < 4.78 is 2.21. The Morgan fingerprint density at radius 2 is 2.08 bits per heavy atom. The van der Waals surface area contributed by atoms with Gasteiger partial charge in [0.1, 0.15) is 0 Å². The van der Waals surface area contributed by atoms with Crippen molar-refractivity contribution in [3.05, 3.63) is 35.5 Å². The third kappa shape index (κ3) is 1.15. The number of benzene rings is 1. The highest BCUT2D eigenvalue weighted by atomic mass is 14.9. The van der Waals surface area contributed by atoms with Gasteiger partial charge in [0.2, 0.25) is 0 Å². The number of fused-ring (bicyclic) bond motifs is 1. The van der Waals surface area contributed by atoms with Gasteiger partial charge < -0.3 is 4.57 Å². The Morgan fingerprint density at radius 3 is 2.77 bits per heavy atom. The summed E-state index contributed by atoms with van der Waals surface area (Å²) in [5.74, 6) is 0. The first-order valence-corrected chi connectivity index (χ1v) is 4.77. The summed E-state index contributed by atoms with van der Waals surface area (Å²) in [6.45, 7) is 4.39. The van der Waals surface area contributed by atoms with Crippen LogP contribution in [0.5, 0.6) is 0 Å². The topological polar surface area (TPSA) is 4.93 Å². The first-order chi connectivity index (χ1) is 6.24. The molecule has 2 rings (SSSR count). The van der Waals surface area contributed by atoms with E-state index in [0.29, 0.717) is 0 Å². The molecule has 0 saturated carbocycles. The minimum atomic E-state index is 1.11. The minimum absolute atomic E-state index is 1.11. The molecule has 0 amide bonds. The normalized spacial score (nSPS) is 11.0. The molecule has 0 unspecified atom stereocenters. The molecule has 68 valence electrons. The van der Waals surface area contributed by atoms with Gasteiger partial charge >= 0.3 is 0 Å². The van der Waals surface area contributed by atoms with E-state index in [1.165, 1.54) is 22.0 Å². The molecule has 0 fully saturated rings. The molecule has 1 heterocycles. The molecule has 0 atom stereocenters. The van der Waals surface area contributed by atoms with Crippen molar-refractivity contribution in [3.8, 4) is 0 Å². The van der Waals surface area contributed by atoms with Gasteiger partial charge in [0.15, 0.2) is 0 Å². The molecule has 13 heavy (non-hydrogen) atoms. The van der Waals surface area contributed by atoms with Crippen molar-refractivity contribution in [2.45, 2.75) is 20.3 Å². The van der Waals surface area contributed by atoms with Gasteiger partial charge in [-0.1, -0.05) is 19.1 Å². The summed E-state index contributed by atoms with van der Waals surface area (Å²) in [6.07, 6.45) is 3.35. The highest BCUT2D eigenvalue weighted by Crippen LogP contribution is 2.24. The average molecular weight is 173 g/mol. The Labute approximate surface area is 79.0 Å². The predicted octanol–water partition coefficient (Wildman–Crippen LogP) is 3.05. The summed E-state index contributed by atoms with van der Waals surface area (Å²) >= 11 is 0. The molecule has 0 aliphatic carbocycles. The molecule has 0 aliphatic rings. The lowest BCUT2D eigenvalue weighted by Gasteiger charge is -1.99. The highest BCUT2D eigenvalue weighted by Gasteiger charge is 2.05. The molecule has 0 radical (unpaired) electrons. The molecule has 0 aliphatic heterocycles. The zero-order valence-corrected chi connectivity index (χ0v) is 8.46. The molecule has 1 aromatic carbocycles. The van der Waals surface area contributed by atoms with Crippen LogP contribution in [0, 0.1) is 6.92 Å². The van der Waals surface area contributed by atoms with E-state index in [0.717, 1.165) is 6.42 Å². The highest BCUT2D eigenvalue weighted by molar-refractivity contribution is 5.87. The van der Waals surface area contributed by atoms with E-state index in [4.69, 9.17) is 0 Å². The fourth-order valence-electron chi connectivity index (χ4n) is 2.00. The van der Waals surface area contributed by atoms with Crippen LogP contribution in [0.4, 0.5) is 0 Å². The van der Waals surface area contributed by atoms with Gasteiger partial charge in [-0.15, -0.1) is 0 Å². The maximum absolute atomic E-state index is 2.23. The fourth-order valence-corrected chi connectivity index (χ4v) is 2.00. The van der Waals surface area contributed by atoms with Gasteiger partial charge in [-0.25, -0.2) is 0 Å². The Kier molecular flexibility index (Phi) is 1.87. The van der Waals surface area contributed by atoms with E-state index >= 15 is 0 Å². The fraction of sp³-hybridized carbons (Fsp3) is 0.333. The van der Waals surface area contributed by atoms with Crippen LogP contribution in [0.25, 0.3) is 10.9 Å². The maximum atomic E-state index is 2.23. The van der Waals surface area contributed by atoms with Crippen molar-refractivity contribution in [2.24, 2.45) is 7.05 Å². The van der Waals surface area contributed by atoms with Crippen molar-refractivity contribution in [1.29, 1.82) is 0 Å². The molecule has 0 N–H and O–H groups in total. The first-order valence-electron chi connectivity index (χ1n) is 4.77. The van der Waals surface area contributed by atoms with E-state index in [1.54, 1.807) is 0 Å². The third-order valence-electron chi connectivity index (χ3n) is 2.68. The zero-order chi connectivity index (χ0) is 9.42. The smallest absolute Gasteiger partial charge is 0.0483 e. The number of rotatable bonds is 1. The van der Waals surface area contributed by atoms with Crippen LogP contribution in [-0.2, 0) is 13.5 Å². The van der Waals surface area contributed by atoms with Crippen molar-refractivity contribution in [3.63, 3.8) is 0 Å². The number of nitrogens with zero attached hydrogens (tertiary/aromatic N) is 1. The van der Waals surface area contributed by atoms with Crippen LogP contribution in [0.3, 0.4) is 0 Å². The SMILES string of the molecule is CCc1cn(C)c2cccc(C)c12. The number of aryl methyl sites for hydroxylation is 3. The monoisotopic (exact) mass is 173 g/mol. The number of aromatic nitrogens is 1. The van der Waals surface area contributed by atoms with Gasteiger partial charge in [-0.2, -0.15) is 0 Å². The van der Waals surface area contributed by atoms with Crippen molar-refractivity contribution >= 4 is 10.9 Å². The lowest BCUT2D eigenvalue weighted by Crippen LogP contribution is -1.83. The lowest BCUT2D eigenvalue weighted by molar-refractivity contribution is 0.954. The minimum Gasteiger partial charge on any atom is -0.350 e. The van der Waals surface area contributed by atoms with Crippen LogP contribution < -0.4 is 0 Å². The lowest BCUT2D eigenvalue weighted by atomic mass is 10.1. The van der Waals surface area contributed by atoms with Crippen LogP contribution >= 0.6 is 0 Å². The van der Waals surface area contributed by atoms with Gasteiger partial charge in [0.25, 0.3) is 0 Å². The second-order valence-corrected chi connectivity index (χ2v) is 3.59. The second kappa shape index (κ2) is 2.91. The Hall–Kier alpha value is -1.24. The number of hydrogen-bond acceptors (Lipinski definition) is 0. The van der Waals surface area contributed by atoms with Crippen molar-refractivity contribution in [1.82, 2.24) is 4.57 Å². The first kappa shape index (κ1) is 8.36. The second-order valence-electron chi connectivity index (χ2n) is 3.59. The van der Waals surface area contributed by atoms with Crippen molar-refractivity contribution in [2.75, 3.05) is 0 Å². The molecular formula is C12H15N. The van der Waals surface area contributed by atoms with E-state index in [2.05, 4.69) is 49.9 Å². The van der Waals surface area contributed by atoms with E-state index < -0.39 is 0 Å². The zero-order valence-electron chi connectivity index (χ0n) is 8.46. The van der Waals surface area contributed by atoms with Crippen LogP contribution in [-0.4, -0.2) is 4.57 Å². The maximum Gasteiger partial charge on any atom is 0.0483 e. The molecule has 1 heteroatoms. The van der Waals surface area contributed by atoms with Gasteiger partial charge in [0, 0.05) is 24.1 Å². The standard InChI is InChI=1S/C12H15N/c1-4-10-8-13(3)11-7-5-6-9(2)12(10)11/h5-8H,4H2,1-3H3. The number of hydrogen-bond donors (Lipinski definition) is 0. The summed E-state index contributed by atoms with van der Waals surface area (Å²) in [4.78, 5) is 0. The summed E-state index contributed by atoms with van der Waals surface area (Å²) in [7, 11) is 2.11. The molecule has 0 bridgehead atoms. The van der Waals surface area contributed by atoms with Crippen LogP contribution in [0.15, 0.2) is 24.4 Å². The third-order valence-corrected chi connectivity index (χ3v) is 2.68. The van der Waals surface area contributed by atoms with Crippen molar-refractivity contribution < 1.29 is 0 Å². The summed E-state index contributed by atoms with van der Waals surface area (Å²) in [5.41, 5.74) is 4.18.